The molecule has 2 heterocycles. The van der Waals surface area contributed by atoms with Crippen molar-refractivity contribution in [3.63, 3.8) is 0 Å². The molecule has 2 fully saturated rings. The first-order valence-corrected chi connectivity index (χ1v) is 5.82. The van der Waals surface area contributed by atoms with Crippen LogP contribution in [-0.2, 0) is 23.7 Å². The van der Waals surface area contributed by atoms with Crippen molar-refractivity contribution >= 4 is 0 Å². The Morgan fingerprint density at radius 2 is 1.29 bits per heavy atom. The fraction of sp³-hybridized carbons (Fsp3) is 0.667. The Morgan fingerprint density at radius 3 is 1.71 bits per heavy atom. The molecule has 5 nitrogen and oxygen atoms in total. The molecule has 0 saturated carbocycles. The van der Waals surface area contributed by atoms with Gasteiger partial charge in [0.2, 0.25) is 0 Å². The molecule has 0 N–H and O–H groups in total. The van der Waals surface area contributed by atoms with Gasteiger partial charge in [-0.3, -0.25) is 0 Å². The molecule has 0 aromatic carbocycles. The van der Waals surface area contributed by atoms with Crippen molar-refractivity contribution in [2.45, 2.75) is 12.2 Å². The first-order valence-electron chi connectivity index (χ1n) is 5.82. The number of rotatable bonds is 4. The van der Waals surface area contributed by atoms with E-state index in [2.05, 4.69) is 0 Å². The number of hydrogen-bond acceptors (Lipinski definition) is 5. The highest BCUT2D eigenvalue weighted by molar-refractivity contribution is 4.90. The summed E-state index contributed by atoms with van der Waals surface area (Å²) < 4.78 is 26.5. The van der Waals surface area contributed by atoms with Gasteiger partial charge in [0, 0.05) is 0 Å². The summed E-state index contributed by atoms with van der Waals surface area (Å²) in [7, 11) is 0. The molecule has 0 aromatic rings. The molecule has 2 unspecified atom stereocenters. The van der Waals surface area contributed by atoms with Crippen LogP contribution in [-0.4, -0.2) is 51.8 Å². The summed E-state index contributed by atoms with van der Waals surface area (Å²) in [5.41, 5.74) is 0. The molecule has 2 saturated heterocycles. The number of hydrogen-bond donors (Lipinski definition) is 0. The summed E-state index contributed by atoms with van der Waals surface area (Å²) in [4.78, 5) is 0. The molecule has 96 valence electrons. The van der Waals surface area contributed by atoms with Crippen LogP contribution in [0.5, 0.6) is 0 Å². The van der Waals surface area contributed by atoms with Gasteiger partial charge >= 0.3 is 0 Å². The van der Waals surface area contributed by atoms with E-state index >= 15 is 0 Å². The minimum Gasteiger partial charge on any atom is -0.473 e. The van der Waals surface area contributed by atoms with Crippen LogP contribution in [0.25, 0.3) is 0 Å². The second-order valence-corrected chi connectivity index (χ2v) is 3.76. The Bertz CT molecular complexity index is 226. The van der Waals surface area contributed by atoms with Crippen LogP contribution in [0.4, 0.5) is 0 Å². The maximum absolute atomic E-state index is 5.41. The van der Waals surface area contributed by atoms with E-state index in [1.807, 2.05) is 12.2 Å². The second kappa shape index (κ2) is 7.45. The van der Waals surface area contributed by atoms with E-state index in [1.54, 1.807) is 12.5 Å². The van der Waals surface area contributed by atoms with Crippen LogP contribution < -0.4 is 0 Å². The van der Waals surface area contributed by atoms with Gasteiger partial charge in [0.25, 0.3) is 0 Å². The summed E-state index contributed by atoms with van der Waals surface area (Å²) in [5, 5.41) is 0. The molecule has 5 heteroatoms. The summed E-state index contributed by atoms with van der Waals surface area (Å²) in [6.07, 6.45) is 6.85. The predicted octanol–water partition coefficient (Wildman–Crippen LogP) is 0.861. The van der Waals surface area contributed by atoms with E-state index in [0.717, 1.165) is 0 Å². The maximum atomic E-state index is 5.41. The molecule has 0 spiro atoms. The minimum atomic E-state index is -0.00795. The second-order valence-electron chi connectivity index (χ2n) is 3.76. The third kappa shape index (κ3) is 4.87. The third-order valence-electron chi connectivity index (χ3n) is 2.43. The highest BCUT2D eigenvalue weighted by Crippen LogP contribution is 2.04. The number of ether oxygens (including phenoxy) is 5. The van der Waals surface area contributed by atoms with E-state index in [9.17, 15) is 0 Å². The Kier molecular flexibility index (Phi) is 5.51. The largest absolute Gasteiger partial charge is 0.473 e. The van der Waals surface area contributed by atoms with Gasteiger partial charge < -0.3 is 23.7 Å². The first kappa shape index (κ1) is 12.6. The van der Waals surface area contributed by atoms with Crippen LogP contribution in [0.1, 0.15) is 0 Å². The Balaban J connectivity index is 1.60. The molecule has 17 heavy (non-hydrogen) atoms. The lowest BCUT2D eigenvalue weighted by molar-refractivity contribution is -0.0687. The zero-order valence-electron chi connectivity index (χ0n) is 9.75. The zero-order chi connectivity index (χ0) is 11.8. The molecule has 2 atom stereocenters. The molecule has 0 amide bonds. The summed E-state index contributed by atoms with van der Waals surface area (Å²) in [5.74, 6) is 0. The van der Waals surface area contributed by atoms with Gasteiger partial charge in [-0.05, 0) is 12.2 Å². The Labute approximate surface area is 101 Å². The van der Waals surface area contributed by atoms with Crippen molar-refractivity contribution in [2.75, 3.05) is 39.6 Å². The third-order valence-corrected chi connectivity index (χ3v) is 2.43. The zero-order valence-corrected chi connectivity index (χ0v) is 9.75. The lowest BCUT2D eigenvalue weighted by Gasteiger charge is -2.20. The van der Waals surface area contributed by atoms with Crippen LogP contribution in [0, 0.1) is 0 Å². The van der Waals surface area contributed by atoms with Gasteiger partial charge in [0.15, 0.2) is 0 Å². The molecule has 0 aromatic heterocycles. The molecule has 2 rings (SSSR count). The molecule has 0 bridgehead atoms. The SMILES string of the molecule is C(=CC1COCCO1)OC=CC1COCCO1. The molecular formula is C12H18O5. The first-order chi connectivity index (χ1) is 8.45. The fourth-order valence-electron chi connectivity index (χ4n) is 1.55. The molecule has 0 aliphatic carbocycles. The van der Waals surface area contributed by atoms with Crippen molar-refractivity contribution in [3.05, 3.63) is 24.7 Å². The Hall–Kier alpha value is -0.880. The molecule has 2 aliphatic heterocycles. The van der Waals surface area contributed by atoms with Gasteiger partial charge in [0.1, 0.15) is 12.2 Å². The summed E-state index contributed by atoms with van der Waals surface area (Å²) in [6.45, 7) is 3.79. The van der Waals surface area contributed by atoms with E-state index in [-0.39, 0.29) is 12.2 Å². The lowest BCUT2D eigenvalue weighted by Crippen LogP contribution is -2.26. The summed E-state index contributed by atoms with van der Waals surface area (Å²) >= 11 is 0. The van der Waals surface area contributed by atoms with E-state index in [1.165, 1.54) is 0 Å². The minimum absolute atomic E-state index is 0.00795. The van der Waals surface area contributed by atoms with Gasteiger partial charge in [-0.1, -0.05) is 0 Å². The van der Waals surface area contributed by atoms with E-state index in [0.29, 0.717) is 39.6 Å². The van der Waals surface area contributed by atoms with Crippen molar-refractivity contribution in [1.82, 2.24) is 0 Å². The van der Waals surface area contributed by atoms with Crippen molar-refractivity contribution < 1.29 is 23.7 Å². The maximum Gasteiger partial charge on any atom is 0.102 e. The standard InChI is InChI=1S/C12H18O5/c1(11-9-14-5-7-16-11)3-13-4-2-12-10-15-6-8-17-12/h1-4,11-12H,5-10H2. The van der Waals surface area contributed by atoms with Gasteiger partial charge in [-0.25, -0.2) is 0 Å². The van der Waals surface area contributed by atoms with Crippen LogP contribution in [0.3, 0.4) is 0 Å². The summed E-state index contributed by atoms with van der Waals surface area (Å²) in [6, 6.07) is 0. The molecule has 2 aliphatic rings. The van der Waals surface area contributed by atoms with Gasteiger partial charge in [-0.15, -0.1) is 0 Å². The monoisotopic (exact) mass is 242 g/mol. The average Bonchev–Trinajstić information content (AvgIpc) is 2.41. The molecule has 0 radical (unpaired) electrons. The fourth-order valence-corrected chi connectivity index (χ4v) is 1.55. The van der Waals surface area contributed by atoms with Gasteiger partial charge in [0.05, 0.1) is 52.2 Å². The van der Waals surface area contributed by atoms with Gasteiger partial charge in [-0.2, -0.15) is 0 Å². The van der Waals surface area contributed by atoms with Crippen molar-refractivity contribution in [2.24, 2.45) is 0 Å². The van der Waals surface area contributed by atoms with Crippen molar-refractivity contribution in [1.29, 1.82) is 0 Å². The van der Waals surface area contributed by atoms with Crippen molar-refractivity contribution in [3.8, 4) is 0 Å². The van der Waals surface area contributed by atoms with Crippen LogP contribution in [0.2, 0.25) is 0 Å². The lowest BCUT2D eigenvalue weighted by atomic mass is 10.3. The smallest absolute Gasteiger partial charge is 0.102 e. The highest BCUT2D eigenvalue weighted by atomic mass is 16.6. The quantitative estimate of drug-likeness (QED) is 0.684. The van der Waals surface area contributed by atoms with Crippen LogP contribution in [0.15, 0.2) is 24.7 Å². The van der Waals surface area contributed by atoms with E-state index < -0.39 is 0 Å². The molecular weight excluding hydrogens is 224 g/mol. The van der Waals surface area contributed by atoms with Crippen LogP contribution >= 0.6 is 0 Å². The Morgan fingerprint density at radius 1 is 0.765 bits per heavy atom. The topological polar surface area (TPSA) is 46.2 Å². The van der Waals surface area contributed by atoms with E-state index in [4.69, 9.17) is 23.7 Å². The average molecular weight is 242 g/mol. The highest BCUT2D eigenvalue weighted by Gasteiger charge is 2.11. The predicted molar refractivity (Wildman–Crippen MR) is 60.5 cm³/mol. The normalized spacial score (nSPS) is 31.1.